The highest BCUT2D eigenvalue weighted by atomic mass is 35.5. The standard InChI is InChI=1S/C18H15Cl2F2NO3/c1-26-18(25)16(8-10-12(19)4-2-5-13(10)20)23-17(24)9-11-14(21)6-3-7-15(11)22/h2-7,16H,8-9H2,1H3,(H,23,24)/t16-/m1/s1. The summed E-state index contributed by atoms with van der Waals surface area (Å²) in [5, 5.41) is 3.05. The maximum atomic E-state index is 13.7. The van der Waals surface area contributed by atoms with E-state index in [1.807, 2.05) is 0 Å². The Balaban J connectivity index is 2.18. The second kappa shape index (κ2) is 8.96. The first-order valence-corrected chi connectivity index (χ1v) is 8.32. The smallest absolute Gasteiger partial charge is 0.328 e. The molecule has 0 unspecified atom stereocenters. The number of nitrogens with one attached hydrogen (secondary N) is 1. The molecule has 0 aromatic heterocycles. The Labute approximate surface area is 159 Å². The molecular formula is C18H15Cl2F2NO3. The predicted octanol–water partition coefficient (Wildman–Crippen LogP) is 3.71. The highest BCUT2D eigenvalue weighted by Gasteiger charge is 2.25. The van der Waals surface area contributed by atoms with Crippen molar-refractivity contribution in [3.8, 4) is 0 Å². The van der Waals surface area contributed by atoms with Gasteiger partial charge in [-0.15, -0.1) is 0 Å². The van der Waals surface area contributed by atoms with Gasteiger partial charge in [0, 0.05) is 22.0 Å². The summed E-state index contributed by atoms with van der Waals surface area (Å²) in [6, 6.07) is 7.00. The van der Waals surface area contributed by atoms with Crippen LogP contribution in [0.25, 0.3) is 0 Å². The molecular weight excluding hydrogens is 387 g/mol. The van der Waals surface area contributed by atoms with Gasteiger partial charge in [0.1, 0.15) is 17.7 Å². The minimum atomic E-state index is -1.11. The summed E-state index contributed by atoms with van der Waals surface area (Å²) in [6.07, 6.45) is -0.598. The molecule has 1 atom stereocenters. The lowest BCUT2D eigenvalue weighted by Gasteiger charge is -2.18. The second-order valence-electron chi connectivity index (χ2n) is 5.42. The molecule has 0 heterocycles. The molecule has 0 spiro atoms. The van der Waals surface area contributed by atoms with Gasteiger partial charge in [-0.3, -0.25) is 4.79 Å². The van der Waals surface area contributed by atoms with E-state index in [4.69, 9.17) is 23.2 Å². The summed E-state index contributed by atoms with van der Waals surface area (Å²) in [7, 11) is 1.16. The van der Waals surface area contributed by atoms with Gasteiger partial charge in [0.15, 0.2) is 0 Å². The van der Waals surface area contributed by atoms with Gasteiger partial charge < -0.3 is 10.1 Å². The number of benzene rings is 2. The van der Waals surface area contributed by atoms with E-state index >= 15 is 0 Å². The number of rotatable bonds is 6. The number of ether oxygens (including phenoxy) is 1. The van der Waals surface area contributed by atoms with Crippen LogP contribution in [0.2, 0.25) is 10.0 Å². The van der Waals surface area contributed by atoms with Crippen LogP contribution in [0.5, 0.6) is 0 Å². The zero-order valence-electron chi connectivity index (χ0n) is 13.7. The lowest BCUT2D eigenvalue weighted by Crippen LogP contribution is -2.44. The number of amides is 1. The fourth-order valence-corrected chi connectivity index (χ4v) is 2.93. The summed E-state index contributed by atoms with van der Waals surface area (Å²) in [4.78, 5) is 24.2. The minimum Gasteiger partial charge on any atom is -0.467 e. The molecule has 0 aliphatic carbocycles. The Hall–Kier alpha value is -2.18. The Morgan fingerprint density at radius 3 is 2.12 bits per heavy atom. The van der Waals surface area contributed by atoms with E-state index in [2.05, 4.69) is 10.1 Å². The Morgan fingerprint density at radius 1 is 1.04 bits per heavy atom. The molecule has 0 saturated heterocycles. The van der Waals surface area contributed by atoms with Crippen molar-refractivity contribution >= 4 is 35.1 Å². The summed E-state index contributed by atoms with van der Waals surface area (Å²) in [5.74, 6) is -3.16. The van der Waals surface area contributed by atoms with Gasteiger partial charge in [-0.2, -0.15) is 0 Å². The van der Waals surface area contributed by atoms with Gasteiger partial charge in [0.05, 0.1) is 13.5 Å². The van der Waals surface area contributed by atoms with Gasteiger partial charge in [-0.05, 0) is 29.8 Å². The largest absolute Gasteiger partial charge is 0.467 e. The third-order valence-electron chi connectivity index (χ3n) is 3.69. The van der Waals surface area contributed by atoms with Crippen molar-refractivity contribution in [2.75, 3.05) is 7.11 Å². The maximum absolute atomic E-state index is 13.7. The Kier molecular flexibility index (Phi) is 6.94. The van der Waals surface area contributed by atoms with Crippen LogP contribution < -0.4 is 5.32 Å². The van der Waals surface area contributed by atoms with E-state index in [9.17, 15) is 18.4 Å². The molecule has 2 aromatic carbocycles. The van der Waals surface area contributed by atoms with Crippen LogP contribution in [0.3, 0.4) is 0 Å². The van der Waals surface area contributed by atoms with E-state index in [1.54, 1.807) is 18.2 Å². The molecule has 8 heteroatoms. The van der Waals surface area contributed by atoms with Crippen LogP contribution in [0, 0.1) is 11.6 Å². The quantitative estimate of drug-likeness (QED) is 0.750. The average Bonchev–Trinajstić information content (AvgIpc) is 2.60. The number of hydrogen-bond donors (Lipinski definition) is 1. The molecule has 1 N–H and O–H groups in total. The van der Waals surface area contributed by atoms with Gasteiger partial charge in [0.25, 0.3) is 0 Å². The molecule has 1 amide bonds. The van der Waals surface area contributed by atoms with Crippen molar-refractivity contribution in [2.24, 2.45) is 0 Å². The monoisotopic (exact) mass is 401 g/mol. The lowest BCUT2D eigenvalue weighted by atomic mass is 10.0. The molecule has 0 fully saturated rings. The number of methoxy groups -OCH3 is 1. The van der Waals surface area contributed by atoms with Gasteiger partial charge in [-0.25, -0.2) is 13.6 Å². The summed E-state index contributed by atoms with van der Waals surface area (Å²) < 4.78 is 32.0. The van der Waals surface area contributed by atoms with Crippen LogP contribution in [0.4, 0.5) is 8.78 Å². The number of esters is 1. The van der Waals surface area contributed by atoms with Crippen LogP contribution in [-0.4, -0.2) is 25.0 Å². The van der Waals surface area contributed by atoms with E-state index in [-0.39, 0.29) is 12.0 Å². The molecule has 26 heavy (non-hydrogen) atoms. The summed E-state index contributed by atoms with van der Waals surface area (Å²) in [5.41, 5.74) is 0.0630. The Morgan fingerprint density at radius 2 is 1.58 bits per heavy atom. The first-order chi connectivity index (χ1) is 12.3. The fraction of sp³-hybridized carbons (Fsp3) is 0.222. The third-order valence-corrected chi connectivity index (χ3v) is 4.40. The zero-order valence-corrected chi connectivity index (χ0v) is 15.2. The first kappa shape index (κ1) is 20.1. The number of halogens is 4. The van der Waals surface area contributed by atoms with E-state index in [1.165, 1.54) is 6.07 Å². The highest BCUT2D eigenvalue weighted by molar-refractivity contribution is 6.36. The maximum Gasteiger partial charge on any atom is 0.328 e. The van der Waals surface area contributed by atoms with Crippen LogP contribution in [0.15, 0.2) is 36.4 Å². The number of carbonyl (C=O) groups excluding carboxylic acids is 2. The fourth-order valence-electron chi connectivity index (χ4n) is 2.37. The van der Waals surface area contributed by atoms with Crippen molar-refractivity contribution in [2.45, 2.75) is 18.9 Å². The van der Waals surface area contributed by atoms with Gasteiger partial charge in [0.2, 0.25) is 5.91 Å². The summed E-state index contributed by atoms with van der Waals surface area (Å²) in [6.45, 7) is 0. The van der Waals surface area contributed by atoms with Crippen LogP contribution in [-0.2, 0) is 27.2 Å². The molecule has 0 radical (unpaired) electrons. The number of hydrogen-bond acceptors (Lipinski definition) is 3. The SMILES string of the molecule is COC(=O)[C@@H](Cc1c(Cl)cccc1Cl)NC(=O)Cc1c(F)cccc1F. The van der Waals surface area contributed by atoms with E-state index < -0.39 is 36.0 Å². The zero-order chi connectivity index (χ0) is 19.3. The van der Waals surface area contributed by atoms with Crippen molar-refractivity contribution in [1.82, 2.24) is 5.32 Å². The van der Waals surface area contributed by atoms with E-state index in [0.717, 1.165) is 19.2 Å². The highest BCUT2D eigenvalue weighted by Crippen LogP contribution is 2.25. The molecule has 0 aliphatic heterocycles. The van der Waals surface area contributed by atoms with Crippen molar-refractivity contribution in [1.29, 1.82) is 0 Å². The number of carbonyl (C=O) groups is 2. The predicted molar refractivity (Wildman–Crippen MR) is 94.2 cm³/mol. The average molecular weight is 402 g/mol. The lowest BCUT2D eigenvalue weighted by molar-refractivity contribution is -0.145. The normalized spacial score (nSPS) is 11.7. The van der Waals surface area contributed by atoms with Crippen molar-refractivity contribution in [3.63, 3.8) is 0 Å². The molecule has 4 nitrogen and oxygen atoms in total. The Bertz CT molecular complexity index is 790. The second-order valence-corrected chi connectivity index (χ2v) is 6.24. The molecule has 0 bridgehead atoms. The topological polar surface area (TPSA) is 55.4 Å². The molecule has 2 rings (SSSR count). The minimum absolute atomic E-state index is 0.0311. The van der Waals surface area contributed by atoms with E-state index in [0.29, 0.717) is 15.6 Å². The van der Waals surface area contributed by atoms with Gasteiger partial charge >= 0.3 is 5.97 Å². The van der Waals surface area contributed by atoms with Crippen LogP contribution in [0.1, 0.15) is 11.1 Å². The van der Waals surface area contributed by atoms with Crippen LogP contribution >= 0.6 is 23.2 Å². The summed E-state index contributed by atoms with van der Waals surface area (Å²) >= 11 is 12.2. The molecule has 0 saturated carbocycles. The molecule has 2 aromatic rings. The molecule has 0 aliphatic rings. The van der Waals surface area contributed by atoms with Crippen molar-refractivity contribution < 1.29 is 23.1 Å². The van der Waals surface area contributed by atoms with Gasteiger partial charge in [-0.1, -0.05) is 35.3 Å². The molecule has 138 valence electrons. The van der Waals surface area contributed by atoms with Crippen molar-refractivity contribution in [3.05, 3.63) is 69.2 Å². The first-order valence-electron chi connectivity index (χ1n) is 7.56. The third kappa shape index (κ3) is 4.93.